The fourth-order valence-corrected chi connectivity index (χ4v) is 3.83. The quantitative estimate of drug-likeness (QED) is 0.678. The lowest BCUT2D eigenvalue weighted by atomic mass is 9.93. The van der Waals surface area contributed by atoms with Crippen LogP contribution in [0.15, 0.2) is 21.6 Å². The molecule has 166 valence electrons. The van der Waals surface area contributed by atoms with E-state index in [4.69, 9.17) is 9.26 Å². The van der Waals surface area contributed by atoms with E-state index in [-0.39, 0.29) is 17.6 Å². The van der Waals surface area contributed by atoms with E-state index in [1.807, 2.05) is 27.7 Å². The fourth-order valence-electron chi connectivity index (χ4n) is 3.83. The van der Waals surface area contributed by atoms with Crippen molar-refractivity contribution in [1.29, 1.82) is 0 Å². The zero-order valence-corrected chi connectivity index (χ0v) is 18.3. The van der Waals surface area contributed by atoms with Crippen LogP contribution < -0.4 is 5.56 Å². The van der Waals surface area contributed by atoms with Crippen molar-refractivity contribution >= 4 is 11.7 Å². The topological polar surface area (TPSA) is 119 Å². The van der Waals surface area contributed by atoms with E-state index >= 15 is 0 Å². The molecule has 1 amide bonds. The first-order chi connectivity index (χ1) is 14.7. The summed E-state index contributed by atoms with van der Waals surface area (Å²) in [5, 5.41) is 8.47. The number of rotatable bonds is 4. The Morgan fingerprint density at radius 2 is 2.06 bits per heavy atom. The summed E-state index contributed by atoms with van der Waals surface area (Å²) in [6, 6.07) is 1.58. The van der Waals surface area contributed by atoms with Gasteiger partial charge in [-0.15, -0.1) is 0 Å². The van der Waals surface area contributed by atoms with Gasteiger partial charge >= 0.3 is 6.09 Å². The lowest BCUT2D eigenvalue weighted by Gasteiger charge is -2.33. The number of aryl methyl sites for hydroxylation is 1. The normalized spacial score (nSPS) is 15.5. The van der Waals surface area contributed by atoms with Crippen LogP contribution in [0, 0.1) is 0 Å². The molecule has 4 heterocycles. The van der Waals surface area contributed by atoms with E-state index in [9.17, 15) is 9.59 Å². The third kappa shape index (κ3) is 4.47. The highest BCUT2D eigenvalue weighted by Crippen LogP contribution is 2.30. The molecule has 4 rings (SSSR count). The first-order valence-electron chi connectivity index (χ1n) is 10.7. The van der Waals surface area contributed by atoms with Crippen molar-refractivity contribution in [2.45, 2.75) is 64.9 Å². The lowest BCUT2D eigenvalue weighted by Crippen LogP contribution is -2.41. The molecule has 1 fully saturated rings. The summed E-state index contributed by atoms with van der Waals surface area (Å²) in [5.41, 5.74) is 1.20. The second kappa shape index (κ2) is 8.16. The Labute approximate surface area is 179 Å². The van der Waals surface area contributed by atoms with Crippen molar-refractivity contribution in [2.24, 2.45) is 0 Å². The minimum absolute atomic E-state index is 0.0922. The summed E-state index contributed by atoms with van der Waals surface area (Å²) >= 11 is 0. The lowest BCUT2D eigenvalue weighted by molar-refractivity contribution is 0.0203. The van der Waals surface area contributed by atoms with Crippen LogP contribution in [0.5, 0.6) is 0 Å². The van der Waals surface area contributed by atoms with Gasteiger partial charge in [-0.3, -0.25) is 4.79 Å². The molecule has 0 radical (unpaired) electrons. The molecule has 1 saturated heterocycles. The molecule has 31 heavy (non-hydrogen) atoms. The Hall–Kier alpha value is -3.17. The maximum atomic E-state index is 12.4. The number of amides is 1. The molecule has 10 heteroatoms. The highest BCUT2D eigenvalue weighted by Gasteiger charge is 2.29. The molecular formula is C21H28N6O4. The Bertz CT molecular complexity index is 1130. The molecule has 3 aromatic rings. The summed E-state index contributed by atoms with van der Waals surface area (Å²) in [4.78, 5) is 33.7. The molecule has 1 aliphatic rings. The van der Waals surface area contributed by atoms with Crippen LogP contribution in [-0.4, -0.2) is 54.4 Å². The fraction of sp³-hybridized carbons (Fsp3) is 0.571. The Kier molecular flexibility index (Phi) is 5.55. The zero-order valence-electron chi connectivity index (χ0n) is 18.3. The molecule has 0 spiro atoms. The van der Waals surface area contributed by atoms with Crippen LogP contribution in [-0.2, 0) is 11.2 Å². The second-order valence-corrected chi connectivity index (χ2v) is 8.88. The van der Waals surface area contributed by atoms with Gasteiger partial charge in [-0.05, 0) is 40.0 Å². The van der Waals surface area contributed by atoms with Crippen molar-refractivity contribution < 1.29 is 14.1 Å². The minimum atomic E-state index is -0.524. The van der Waals surface area contributed by atoms with Crippen LogP contribution in [0.2, 0.25) is 0 Å². The van der Waals surface area contributed by atoms with Crippen LogP contribution in [0.25, 0.3) is 17.1 Å². The molecule has 3 aromatic heterocycles. The molecule has 0 atom stereocenters. The van der Waals surface area contributed by atoms with Gasteiger partial charge in [0.2, 0.25) is 0 Å². The Morgan fingerprint density at radius 1 is 1.32 bits per heavy atom. The van der Waals surface area contributed by atoms with Gasteiger partial charge in [0.25, 0.3) is 11.4 Å². The van der Waals surface area contributed by atoms with Gasteiger partial charge in [0.05, 0.1) is 11.9 Å². The number of piperidine rings is 1. The van der Waals surface area contributed by atoms with E-state index in [1.54, 1.807) is 21.7 Å². The number of nitrogens with zero attached hydrogens (tertiary/aromatic N) is 5. The molecule has 0 bridgehead atoms. The Morgan fingerprint density at radius 3 is 2.74 bits per heavy atom. The highest BCUT2D eigenvalue weighted by atomic mass is 16.6. The molecular weight excluding hydrogens is 400 g/mol. The number of hydrogen-bond acceptors (Lipinski definition) is 7. The third-order valence-corrected chi connectivity index (χ3v) is 5.27. The average Bonchev–Trinajstić information content (AvgIpc) is 3.33. The van der Waals surface area contributed by atoms with E-state index in [1.165, 1.54) is 0 Å². The van der Waals surface area contributed by atoms with Crippen molar-refractivity contribution in [2.75, 3.05) is 13.1 Å². The van der Waals surface area contributed by atoms with E-state index in [0.717, 1.165) is 18.5 Å². The molecule has 1 aliphatic heterocycles. The molecule has 0 aliphatic carbocycles. The largest absolute Gasteiger partial charge is 0.444 e. The number of aromatic amines is 1. The number of carbonyl (C=O) groups is 1. The minimum Gasteiger partial charge on any atom is -0.444 e. The molecule has 0 aromatic carbocycles. The standard InChI is InChI=1S/C21H28N6O4/c1-5-6-16-23-19(31-25-16)14-12-22-27-15(11-17(28)24-18(14)27)13-7-9-26(10-8-13)20(29)30-21(2,3)4/h11-13H,5-10H2,1-4H3,(H,24,28). The summed E-state index contributed by atoms with van der Waals surface area (Å²) in [5.74, 6) is 1.06. The maximum Gasteiger partial charge on any atom is 0.410 e. The van der Waals surface area contributed by atoms with Crippen LogP contribution in [0.4, 0.5) is 4.79 Å². The van der Waals surface area contributed by atoms with Gasteiger partial charge in [-0.25, -0.2) is 9.31 Å². The van der Waals surface area contributed by atoms with Crippen molar-refractivity contribution in [3.8, 4) is 11.5 Å². The van der Waals surface area contributed by atoms with E-state index in [0.29, 0.717) is 48.9 Å². The van der Waals surface area contributed by atoms with Gasteiger partial charge < -0.3 is 19.1 Å². The van der Waals surface area contributed by atoms with Gasteiger partial charge in [0.15, 0.2) is 5.82 Å². The van der Waals surface area contributed by atoms with Crippen molar-refractivity contribution in [1.82, 2.24) is 29.6 Å². The zero-order chi connectivity index (χ0) is 22.2. The van der Waals surface area contributed by atoms with Crippen molar-refractivity contribution in [3.05, 3.63) is 34.1 Å². The first kappa shape index (κ1) is 21.1. The van der Waals surface area contributed by atoms with Crippen molar-refractivity contribution in [3.63, 3.8) is 0 Å². The summed E-state index contributed by atoms with van der Waals surface area (Å²) in [6.07, 6.45) is 4.40. The Balaban J connectivity index is 1.57. The number of H-pyrrole nitrogens is 1. The van der Waals surface area contributed by atoms with Crippen LogP contribution >= 0.6 is 0 Å². The average molecular weight is 428 g/mol. The monoisotopic (exact) mass is 428 g/mol. The maximum absolute atomic E-state index is 12.4. The molecule has 0 unspecified atom stereocenters. The van der Waals surface area contributed by atoms with E-state index in [2.05, 4.69) is 20.2 Å². The third-order valence-electron chi connectivity index (χ3n) is 5.27. The number of fused-ring (bicyclic) bond motifs is 1. The number of likely N-dealkylation sites (tertiary alicyclic amines) is 1. The molecule has 0 saturated carbocycles. The van der Waals surface area contributed by atoms with Gasteiger partial charge in [0.1, 0.15) is 16.8 Å². The molecule has 1 N–H and O–H groups in total. The summed E-state index contributed by atoms with van der Waals surface area (Å²) in [6.45, 7) is 8.74. The number of aromatic nitrogens is 5. The first-order valence-corrected chi connectivity index (χ1v) is 10.7. The second-order valence-electron chi connectivity index (χ2n) is 8.88. The number of nitrogens with one attached hydrogen (secondary N) is 1. The van der Waals surface area contributed by atoms with Gasteiger partial charge in [-0.1, -0.05) is 12.1 Å². The SMILES string of the molecule is CCCc1noc(-c2cnn3c(C4CCN(C(=O)OC(C)(C)C)CC4)cc(=O)[nH]c23)n1. The predicted molar refractivity (Wildman–Crippen MR) is 113 cm³/mol. The van der Waals surface area contributed by atoms with Gasteiger partial charge in [-0.2, -0.15) is 10.1 Å². The van der Waals surface area contributed by atoms with Crippen LogP contribution in [0.1, 0.15) is 64.4 Å². The number of hydrogen-bond donors (Lipinski definition) is 1. The summed E-state index contributed by atoms with van der Waals surface area (Å²) < 4.78 is 12.6. The molecule has 10 nitrogen and oxygen atoms in total. The number of ether oxygens (including phenoxy) is 1. The summed E-state index contributed by atoms with van der Waals surface area (Å²) in [7, 11) is 0. The predicted octanol–water partition coefficient (Wildman–Crippen LogP) is 3.14. The smallest absolute Gasteiger partial charge is 0.410 e. The number of carbonyl (C=O) groups excluding carboxylic acids is 1. The van der Waals surface area contributed by atoms with Gasteiger partial charge in [0, 0.05) is 31.5 Å². The van der Waals surface area contributed by atoms with E-state index < -0.39 is 5.60 Å². The highest BCUT2D eigenvalue weighted by molar-refractivity contribution is 5.71. The van der Waals surface area contributed by atoms with Crippen LogP contribution in [0.3, 0.4) is 0 Å².